The van der Waals surface area contributed by atoms with Gasteiger partial charge in [0.1, 0.15) is 0 Å². The lowest BCUT2D eigenvalue weighted by Crippen LogP contribution is -2.45. The highest BCUT2D eigenvalue weighted by Gasteiger charge is 2.50. The number of benzene rings is 1. The van der Waals surface area contributed by atoms with Crippen molar-refractivity contribution in [1.82, 2.24) is 10.2 Å². The molecule has 1 heterocycles. The minimum atomic E-state index is -0.114. The third kappa shape index (κ3) is 3.02. The van der Waals surface area contributed by atoms with Gasteiger partial charge in [-0.3, -0.25) is 10.1 Å². The second-order valence-corrected chi connectivity index (χ2v) is 8.35. The van der Waals surface area contributed by atoms with E-state index < -0.39 is 0 Å². The second kappa shape index (κ2) is 5.34. The number of rotatable bonds is 1. The molecule has 1 saturated carbocycles. The van der Waals surface area contributed by atoms with Gasteiger partial charge >= 0.3 is 0 Å². The summed E-state index contributed by atoms with van der Waals surface area (Å²) in [5, 5.41) is 3.50. The molecule has 2 bridgehead atoms. The summed E-state index contributed by atoms with van der Waals surface area (Å²) in [6, 6.07) is 9.71. The van der Waals surface area contributed by atoms with Crippen molar-refractivity contribution < 1.29 is 4.79 Å². The quantitative estimate of drug-likeness (QED) is 0.804. The molecule has 3 nitrogen and oxygen atoms in total. The predicted molar refractivity (Wildman–Crippen MR) is 92.7 cm³/mol. The van der Waals surface area contributed by atoms with Crippen molar-refractivity contribution in [3.63, 3.8) is 0 Å². The molecule has 3 rings (SSSR count). The fraction of sp³-hybridized carbons (Fsp3) is 0.556. The van der Waals surface area contributed by atoms with Gasteiger partial charge < -0.3 is 4.90 Å². The lowest BCUT2D eigenvalue weighted by Gasteiger charge is -2.39. The van der Waals surface area contributed by atoms with E-state index in [0.717, 1.165) is 13.0 Å². The van der Waals surface area contributed by atoms with Gasteiger partial charge in [0.2, 0.25) is 0 Å². The number of nitrogens with one attached hydrogen (secondary N) is 1. The Labute approximate surface area is 138 Å². The Hall–Kier alpha value is -1.42. The van der Waals surface area contributed by atoms with Crippen LogP contribution in [0.15, 0.2) is 30.3 Å². The molecule has 1 aliphatic heterocycles. The molecule has 2 aliphatic rings. The number of amides is 1. The van der Waals surface area contributed by atoms with E-state index in [2.05, 4.69) is 31.0 Å². The second-order valence-electron chi connectivity index (χ2n) is 7.97. The molecule has 118 valence electrons. The Kier molecular flexibility index (Phi) is 3.76. The Bertz CT molecular complexity index is 598. The van der Waals surface area contributed by atoms with Gasteiger partial charge in [-0.15, -0.1) is 0 Å². The largest absolute Gasteiger partial charge is 0.345 e. The van der Waals surface area contributed by atoms with Crippen LogP contribution in [-0.4, -0.2) is 28.5 Å². The van der Waals surface area contributed by atoms with Crippen LogP contribution in [0, 0.1) is 10.8 Å². The number of likely N-dealkylation sites (tertiary alicyclic amines) is 1. The van der Waals surface area contributed by atoms with Gasteiger partial charge in [0.15, 0.2) is 5.11 Å². The van der Waals surface area contributed by atoms with Crippen LogP contribution in [0.2, 0.25) is 0 Å². The first-order valence-corrected chi connectivity index (χ1v) is 8.36. The highest BCUT2D eigenvalue weighted by atomic mass is 32.1. The summed E-state index contributed by atoms with van der Waals surface area (Å²) in [6.45, 7) is 7.98. The molecule has 22 heavy (non-hydrogen) atoms. The van der Waals surface area contributed by atoms with Crippen molar-refractivity contribution in [2.24, 2.45) is 10.8 Å². The van der Waals surface area contributed by atoms with Crippen LogP contribution in [0.4, 0.5) is 0 Å². The minimum absolute atomic E-state index is 0.114. The Morgan fingerprint density at radius 3 is 2.59 bits per heavy atom. The first kappa shape index (κ1) is 15.5. The third-order valence-corrected chi connectivity index (χ3v) is 5.27. The lowest BCUT2D eigenvalue weighted by molar-refractivity contribution is 0.0972. The zero-order valence-electron chi connectivity index (χ0n) is 13.6. The first-order chi connectivity index (χ1) is 10.3. The van der Waals surface area contributed by atoms with Crippen molar-refractivity contribution in [3.05, 3.63) is 35.9 Å². The summed E-state index contributed by atoms with van der Waals surface area (Å²) >= 11 is 5.53. The van der Waals surface area contributed by atoms with Crippen molar-refractivity contribution in [2.45, 2.75) is 46.1 Å². The Morgan fingerprint density at radius 2 is 1.91 bits per heavy atom. The van der Waals surface area contributed by atoms with Crippen LogP contribution in [0.5, 0.6) is 0 Å². The molecule has 1 aromatic rings. The number of nitrogens with zero attached hydrogens (tertiary/aromatic N) is 1. The highest BCUT2D eigenvalue weighted by molar-refractivity contribution is 7.80. The summed E-state index contributed by atoms with van der Waals surface area (Å²) in [7, 11) is 0. The monoisotopic (exact) mass is 316 g/mol. The molecule has 1 aromatic carbocycles. The van der Waals surface area contributed by atoms with E-state index >= 15 is 0 Å². The van der Waals surface area contributed by atoms with Crippen LogP contribution in [0.3, 0.4) is 0 Å². The third-order valence-electron chi connectivity index (χ3n) is 4.93. The molecule has 0 radical (unpaired) electrons. The predicted octanol–water partition coefficient (Wildman–Crippen LogP) is 3.60. The highest BCUT2D eigenvalue weighted by Crippen LogP contribution is 2.52. The van der Waals surface area contributed by atoms with Crippen molar-refractivity contribution in [2.75, 3.05) is 6.54 Å². The van der Waals surface area contributed by atoms with Crippen molar-refractivity contribution >= 4 is 23.2 Å². The lowest BCUT2D eigenvalue weighted by atomic mass is 9.65. The molecular weight excluding hydrogens is 292 g/mol. The van der Waals surface area contributed by atoms with Crippen molar-refractivity contribution in [3.8, 4) is 0 Å². The summed E-state index contributed by atoms with van der Waals surface area (Å²) in [5.74, 6) is -0.114. The van der Waals surface area contributed by atoms with E-state index in [1.807, 2.05) is 30.3 Å². The maximum Gasteiger partial charge on any atom is 0.257 e. The van der Waals surface area contributed by atoms with Crippen LogP contribution in [0.25, 0.3) is 0 Å². The van der Waals surface area contributed by atoms with Gasteiger partial charge in [0, 0.05) is 18.2 Å². The molecule has 1 aliphatic carbocycles. The molecule has 1 amide bonds. The summed E-state index contributed by atoms with van der Waals surface area (Å²) in [4.78, 5) is 14.5. The fourth-order valence-corrected chi connectivity index (χ4v) is 4.83. The van der Waals surface area contributed by atoms with Gasteiger partial charge in [-0.25, -0.2) is 0 Å². The van der Waals surface area contributed by atoms with Gasteiger partial charge in [-0.2, -0.15) is 0 Å². The summed E-state index contributed by atoms with van der Waals surface area (Å²) in [5.41, 5.74) is 1.32. The number of carbonyl (C=O) groups is 1. The molecule has 0 spiro atoms. The van der Waals surface area contributed by atoms with E-state index in [-0.39, 0.29) is 5.91 Å². The molecule has 0 aromatic heterocycles. The molecular formula is C18H24N2OS. The number of hydrogen-bond donors (Lipinski definition) is 1. The average Bonchev–Trinajstić information content (AvgIpc) is 2.69. The van der Waals surface area contributed by atoms with E-state index in [1.165, 1.54) is 12.8 Å². The van der Waals surface area contributed by atoms with Crippen LogP contribution < -0.4 is 5.32 Å². The molecule has 2 atom stereocenters. The van der Waals surface area contributed by atoms with E-state index in [0.29, 0.717) is 27.5 Å². The number of thiocarbonyl (C=S) groups is 1. The zero-order valence-corrected chi connectivity index (χ0v) is 14.4. The molecule has 2 fully saturated rings. The topological polar surface area (TPSA) is 32.3 Å². The maximum absolute atomic E-state index is 12.3. The number of carbonyl (C=O) groups excluding carboxylic acids is 1. The zero-order chi connectivity index (χ0) is 16.0. The van der Waals surface area contributed by atoms with E-state index in [4.69, 9.17) is 12.2 Å². The first-order valence-electron chi connectivity index (χ1n) is 7.95. The smallest absolute Gasteiger partial charge is 0.257 e. The summed E-state index contributed by atoms with van der Waals surface area (Å²) in [6.07, 6.45) is 3.55. The molecule has 1 N–H and O–H groups in total. The Balaban J connectivity index is 1.70. The molecule has 0 unspecified atom stereocenters. The summed E-state index contributed by atoms with van der Waals surface area (Å²) < 4.78 is 0. The van der Waals surface area contributed by atoms with Gasteiger partial charge in [0.05, 0.1) is 0 Å². The molecule has 4 heteroatoms. The minimum Gasteiger partial charge on any atom is -0.345 e. The maximum atomic E-state index is 12.3. The van der Waals surface area contributed by atoms with Crippen molar-refractivity contribution in [1.29, 1.82) is 0 Å². The average molecular weight is 316 g/mol. The fourth-order valence-electron chi connectivity index (χ4n) is 4.53. The molecule has 1 saturated heterocycles. The normalized spacial score (nSPS) is 29.2. The van der Waals surface area contributed by atoms with E-state index in [9.17, 15) is 4.79 Å². The van der Waals surface area contributed by atoms with Crippen LogP contribution in [0.1, 0.15) is 50.4 Å². The van der Waals surface area contributed by atoms with Crippen LogP contribution >= 0.6 is 12.2 Å². The SMILES string of the molecule is CC1(C)C[C@H]2C[C@@](C)(CN2C(=S)NC(=O)c2ccccc2)C1. The number of hydrogen-bond acceptors (Lipinski definition) is 2. The van der Waals surface area contributed by atoms with Gasteiger partial charge in [0.25, 0.3) is 5.91 Å². The Morgan fingerprint density at radius 1 is 1.23 bits per heavy atom. The van der Waals surface area contributed by atoms with Gasteiger partial charge in [-0.05, 0) is 54.4 Å². The van der Waals surface area contributed by atoms with Gasteiger partial charge in [-0.1, -0.05) is 39.0 Å². The van der Waals surface area contributed by atoms with E-state index in [1.54, 1.807) is 0 Å². The standard InChI is InChI=1S/C18H24N2OS/c1-17(2)9-14-10-18(3,11-17)12-20(14)16(22)19-15(21)13-7-5-4-6-8-13/h4-8,14H,9-12H2,1-3H3,(H,19,21,22)/t14-,18+/m0/s1. The number of fused-ring (bicyclic) bond motifs is 2. The van der Waals surface area contributed by atoms with Crippen LogP contribution in [-0.2, 0) is 0 Å².